The molecule has 0 aromatic heterocycles. The molecule has 7 nitrogen and oxygen atoms in total. The molecule has 0 amide bonds. The number of nitrogen functional groups attached to an aromatic ring is 1. The number of aliphatic hydroxyl groups excluding tert-OH is 1. The first kappa shape index (κ1) is 20.8. The van der Waals surface area contributed by atoms with Gasteiger partial charge in [-0.15, -0.1) is 0 Å². The number of anilines is 1. The molecular formula is C13H20Br2N2O5S. The Morgan fingerprint density at radius 2 is 1.70 bits per heavy atom. The number of nitrogens with one attached hydrogen (secondary N) is 1. The minimum atomic E-state index is -4.67. The molecule has 10 heteroatoms. The molecule has 1 aliphatic rings. The highest BCUT2D eigenvalue weighted by Gasteiger charge is 2.19. The van der Waals surface area contributed by atoms with Crippen LogP contribution in [0, 0.1) is 0 Å². The molecular weight excluding hydrogens is 456 g/mol. The topological polar surface area (TPSA) is 133 Å². The zero-order valence-corrected chi connectivity index (χ0v) is 16.2. The number of aliphatic hydroxyl groups is 1. The second-order valence-electron chi connectivity index (χ2n) is 5.29. The fourth-order valence-corrected chi connectivity index (χ4v) is 3.63. The monoisotopic (exact) mass is 474 g/mol. The van der Waals surface area contributed by atoms with E-state index in [1.54, 1.807) is 0 Å². The maximum Gasteiger partial charge on any atom is 0.394 e. The minimum absolute atomic E-state index is 0.104. The first-order valence-corrected chi connectivity index (χ1v) is 9.89. The number of nitrogens with two attached hydrogens (primary N) is 1. The summed E-state index contributed by atoms with van der Waals surface area (Å²) in [5, 5.41) is 13.0. The number of halogens is 2. The van der Waals surface area contributed by atoms with Crippen LogP contribution in [0.1, 0.15) is 31.2 Å². The number of benzene rings is 1. The Bertz CT molecular complexity index is 611. The first-order chi connectivity index (χ1) is 10.6. The van der Waals surface area contributed by atoms with Crippen molar-refractivity contribution in [3.05, 3.63) is 26.6 Å². The van der Waals surface area contributed by atoms with E-state index in [1.807, 2.05) is 12.1 Å². The molecule has 0 spiro atoms. The average Bonchev–Trinajstić information content (AvgIpc) is 2.41. The Morgan fingerprint density at radius 3 is 2.22 bits per heavy atom. The van der Waals surface area contributed by atoms with Crippen LogP contribution in [-0.2, 0) is 16.9 Å². The van der Waals surface area contributed by atoms with Crippen LogP contribution in [-0.4, -0.2) is 34.8 Å². The predicted octanol–water partition coefficient (Wildman–Crippen LogP) is 2.53. The Hall–Kier alpha value is -0.230. The maximum absolute atomic E-state index is 9.47. The normalized spacial score (nSPS) is 21.4. The fraction of sp³-hybridized carbons (Fsp3) is 0.538. The van der Waals surface area contributed by atoms with Crippen LogP contribution in [0.3, 0.4) is 0 Å². The number of rotatable bonds is 3. The van der Waals surface area contributed by atoms with Gasteiger partial charge in [0, 0.05) is 21.5 Å². The second-order valence-corrected chi connectivity index (χ2v) is 7.96. The standard InChI is InChI=1S/C13H18Br2N2O.H2O4S/c14-9-5-8(13(16)12(15)6-9)7-17-10-1-3-11(18)4-2-10;1-5(2,3)4/h5-6,10-11,17-18H,1-4,7,16H2;(H2,1,2,3,4). The predicted molar refractivity (Wildman–Crippen MR) is 95.5 cm³/mol. The maximum atomic E-state index is 9.47. The van der Waals surface area contributed by atoms with E-state index >= 15 is 0 Å². The molecule has 6 N–H and O–H groups in total. The molecule has 0 bridgehead atoms. The lowest BCUT2D eigenvalue weighted by atomic mass is 9.93. The lowest BCUT2D eigenvalue weighted by Gasteiger charge is -2.26. The molecule has 1 aromatic carbocycles. The Morgan fingerprint density at radius 1 is 1.17 bits per heavy atom. The van der Waals surface area contributed by atoms with Gasteiger partial charge in [-0.25, -0.2) is 0 Å². The van der Waals surface area contributed by atoms with Crippen molar-refractivity contribution < 1.29 is 22.6 Å². The highest BCUT2D eigenvalue weighted by atomic mass is 79.9. The molecule has 1 fully saturated rings. The van der Waals surface area contributed by atoms with Gasteiger partial charge in [0.15, 0.2) is 0 Å². The zero-order chi connectivity index (χ0) is 17.6. The smallest absolute Gasteiger partial charge is 0.394 e. The van der Waals surface area contributed by atoms with Gasteiger partial charge in [0.2, 0.25) is 0 Å². The summed E-state index contributed by atoms with van der Waals surface area (Å²) in [4.78, 5) is 0. The summed E-state index contributed by atoms with van der Waals surface area (Å²) in [6, 6.07) is 4.49. The summed E-state index contributed by atoms with van der Waals surface area (Å²) in [7, 11) is -4.67. The van der Waals surface area contributed by atoms with E-state index in [9.17, 15) is 5.11 Å². The lowest BCUT2D eigenvalue weighted by Crippen LogP contribution is -2.34. The van der Waals surface area contributed by atoms with Crippen LogP contribution in [0.5, 0.6) is 0 Å². The van der Waals surface area contributed by atoms with Crippen molar-refractivity contribution in [2.24, 2.45) is 0 Å². The average molecular weight is 476 g/mol. The summed E-state index contributed by atoms with van der Waals surface area (Å²) in [5.74, 6) is 0. The molecule has 0 aliphatic heterocycles. The van der Waals surface area contributed by atoms with Gasteiger partial charge < -0.3 is 16.2 Å². The van der Waals surface area contributed by atoms with Gasteiger partial charge >= 0.3 is 10.4 Å². The van der Waals surface area contributed by atoms with Gasteiger partial charge in [-0.05, 0) is 59.3 Å². The zero-order valence-electron chi connectivity index (χ0n) is 12.2. The lowest BCUT2D eigenvalue weighted by molar-refractivity contribution is 0.116. The van der Waals surface area contributed by atoms with Crippen molar-refractivity contribution in [2.45, 2.75) is 44.4 Å². The Kier molecular flexibility index (Phi) is 8.42. The molecule has 0 saturated heterocycles. The highest BCUT2D eigenvalue weighted by Crippen LogP contribution is 2.28. The largest absolute Gasteiger partial charge is 0.398 e. The quantitative estimate of drug-likeness (QED) is 0.335. The van der Waals surface area contributed by atoms with Crippen molar-refractivity contribution in [3.63, 3.8) is 0 Å². The van der Waals surface area contributed by atoms with Crippen molar-refractivity contribution in [1.82, 2.24) is 5.32 Å². The van der Waals surface area contributed by atoms with E-state index in [1.165, 1.54) is 0 Å². The molecule has 0 radical (unpaired) electrons. The third-order valence-electron chi connectivity index (χ3n) is 3.46. The van der Waals surface area contributed by atoms with Crippen molar-refractivity contribution in [3.8, 4) is 0 Å². The molecule has 23 heavy (non-hydrogen) atoms. The summed E-state index contributed by atoms with van der Waals surface area (Å²) in [6.45, 7) is 0.768. The minimum Gasteiger partial charge on any atom is -0.398 e. The van der Waals surface area contributed by atoms with Crippen LogP contribution in [0.25, 0.3) is 0 Å². The van der Waals surface area contributed by atoms with Crippen LogP contribution < -0.4 is 11.1 Å². The number of hydrogen-bond acceptors (Lipinski definition) is 5. The van der Waals surface area contributed by atoms with E-state index in [0.29, 0.717) is 6.04 Å². The fourth-order valence-electron chi connectivity index (χ4n) is 2.32. The van der Waals surface area contributed by atoms with Crippen molar-refractivity contribution in [2.75, 3.05) is 5.73 Å². The van der Waals surface area contributed by atoms with E-state index in [0.717, 1.165) is 52.4 Å². The first-order valence-electron chi connectivity index (χ1n) is 6.91. The van der Waals surface area contributed by atoms with Gasteiger partial charge in [-0.2, -0.15) is 8.42 Å². The third-order valence-corrected chi connectivity index (χ3v) is 4.57. The van der Waals surface area contributed by atoms with Crippen LogP contribution in [0.2, 0.25) is 0 Å². The van der Waals surface area contributed by atoms with Crippen molar-refractivity contribution >= 4 is 47.9 Å². The van der Waals surface area contributed by atoms with Gasteiger partial charge in [-0.1, -0.05) is 15.9 Å². The molecule has 1 aromatic rings. The number of hydrogen-bond donors (Lipinski definition) is 5. The summed E-state index contributed by atoms with van der Waals surface area (Å²) in [5.41, 5.74) is 7.93. The van der Waals surface area contributed by atoms with Crippen LogP contribution >= 0.6 is 31.9 Å². The highest BCUT2D eigenvalue weighted by molar-refractivity contribution is 9.11. The van der Waals surface area contributed by atoms with E-state index in [2.05, 4.69) is 37.2 Å². The Balaban J connectivity index is 0.000000463. The molecule has 2 rings (SSSR count). The summed E-state index contributed by atoms with van der Waals surface area (Å²) in [6.07, 6.45) is 3.77. The van der Waals surface area contributed by atoms with Gasteiger partial charge in [-0.3, -0.25) is 9.11 Å². The molecule has 0 unspecified atom stereocenters. The summed E-state index contributed by atoms with van der Waals surface area (Å²) >= 11 is 6.93. The van der Waals surface area contributed by atoms with E-state index in [-0.39, 0.29) is 6.10 Å². The van der Waals surface area contributed by atoms with Crippen molar-refractivity contribution in [1.29, 1.82) is 0 Å². The third kappa shape index (κ3) is 8.99. The van der Waals surface area contributed by atoms with Gasteiger partial charge in [0.25, 0.3) is 0 Å². The molecule has 1 saturated carbocycles. The molecule has 0 atom stereocenters. The Labute approximate surface area is 152 Å². The molecule has 1 aliphatic carbocycles. The van der Waals surface area contributed by atoms with Crippen LogP contribution in [0.4, 0.5) is 5.69 Å². The summed E-state index contributed by atoms with van der Waals surface area (Å²) < 4.78 is 33.5. The van der Waals surface area contributed by atoms with E-state index < -0.39 is 10.4 Å². The second kappa shape index (κ2) is 9.30. The molecule has 0 heterocycles. The van der Waals surface area contributed by atoms with E-state index in [4.69, 9.17) is 23.3 Å². The van der Waals surface area contributed by atoms with Gasteiger partial charge in [0.05, 0.1) is 11.8 Å². The van der Waals surface area contributed by atoms with Gasteiger partial charge in [0.1, 0.15) is 0 Å². The van der Waals surface area contributed by atoms with Crippen LogP contribution in [0.15, 0.2) is 21.1 Å². The SMILES string of the molecule is Nc1c(Br)cc(Br)cc1CNC1CCC(O)CC1.O=S(=O)(O)O. The molecule has 132 valence electrons.